The van der Waals surface area contributed by atoms with E-state index >= 15 is 0 Å². The van der Waals surface area contributed by atoms with Crippen molar-refractivity contribution in [3.05, 3.63) is 30.3 Å². The molecule has 0 saturated heterocycles. The standard InChI is InChI=1S/C18H26N2O5/c1-5-19-17(22)13(4)25-18(23)16(12(2)3)20-15(21)11-24-14-9-7-6-8-10-14/h6-10,12-13,16H,5,11H2,1-4H3,(H,19,22)(H,20,21)/t13-,16+/m1/s1. The van der Waals surface area contributed by atoms with Gasteiger partial charge in [0.2, 0.25) is 0 Å². The fraction of sp³-hybridized carbons (Fsp3) is 0.500. The van der Waals surface area contributed by atoms with E-state index in [1.807, 2.05) is 6.07 Å². The monoisotopic (exact) mass is 350 g/mol. The van der Waals surface area contributed by atoms with Gasteiger partial charge in [0.25, 0.3) is 11.8 Å². The summed E-state index contributed by atoms with van der Waals surface area (Å²) in [5, 5.41) is 5.17. The molecule has 2 amide bonds. The van der Waals surface area contributed by atoms with Gasteiger partial charge in [0, 0.05) is 6.54 Å². The topological polar surface area (TPSA) is 93.7 Å². The Morgan fingerprint density at radius 1 is 1.08 bits per heavy atom. The Morgan fingerprint density at radius 2 is 1.72 bits per heavy atom. The summed E-state index contributed by atoms with van der Waals surface area (Å²) >= 11 is 0. The molecule has 0 aromatic heterocycles. The van der Waals surface area contributed by atoms with Crippen LogP contribution in [-0.4, -0.2) is 43.1 Å². The summed E-state index contributed by atoms with van der Waals surface area (Å²) in [7, 11) is 0. The lowest BCUT2D eigenvalue weighted by Crippen LogP contribution is -2.48. The molecule has 1 rings (SSSR count). The number of hydrogen-bond acceptors (Lipinski definition) is 5. The van der Waals surface area contributed by atoms with Crippen LogP contribution in [-0.2, 0) is 19.1 Å². The minimum Gasteiger partial charge on any atom is -0.484 e. The first-order valence-corrected chi connectivity index (χ1v) is 8.30. The fourth-order valence-electron chi connectivity index (χ4n) is 2.00. The molecule has 0 spiro atoms. The zero-order valence-corrected chi connectivity index (χ0v) is 15.1. The van der Waals surface area contributed by atoms with Crippen LogP contribution in [0.4, 0.5) is 0 Å². The highest BCUT2D eigenvalue weighted by atomic mass is 16.5. The van der Waals surface area contributed by atoms with Crippen molar-refractivity contribution in [2.24, 2.45) is 5.92 Å². The predicted octanol–water partition coefficient (Wildman–Crippen LogP) is 1.27. The highest BCUT2D eigenvalue weighted by Crippen LogP contribution is 2.09. The van der Waals surface area contributed by atoms with Gasteiger partial charge in [-0.3, -0.25) is 9.59 Å². The van der Waals surface area contributed by atoms with E-state index in [-0.39, 0.29) is 18.4 Å². The van der Waals surface area contributed by atoms with Gasteiger partial charge < -0.3 is 20.1 Å². The Balaban J connectivity index is 2.56. The summed E-state index contributed by atoms with van der Waals surface area (Å²) in [6.07, 6.45) is -0.925. The Kier molecular flexibility index (Phi) is 8.46. The van der Waals surface area contributed by atoms with Gasteiger partial charge in [-0.05, 0) is 31.9 Å². The number of esters is 1. The maximum Gasteiger partial charge on any atom is 0.329 e. The first kappa shape index (κ1) is 20.5. The molecule has 0 bridgehead atoms. The van der Waals surface area contributed by atoms with Crippen molar-refractivity contribution in [2.45, 2.75) is 39.8 Å². The Morgan fingerprint density at radius 3 is 2.28 bits per heavy atom. The molecule has 2 atom stereocenters. The van der Waals surface area contributed by atoms with Gasteiger partial charge in [-0.1, -0.05) is 32.0 Å². The molecule has 0 radical (unpaired) electrons. The van der Waals surface area contributed by atoms with Crippen molar-refractivity contribution in [3.63, 3.8) is 0 Å². The van der Waals surface area contributed by atoms with E-state index < -0.39 is 24.0 Å². The first-order chi connectivity index (χ1) is 11.8. The van der Waals surface area contributed by atoms with Crippen LogP contribution < -0.4 is 15.4 Å². The summed E-state index contributed by atoms with van der Waals surface area (Å²) in [6, 6.07) is 8.04. The molecular weight excluding hydrogens is 324 g/mol. The molecule has 0 aliphatic heterocycles. The van der Waals surface area contributed by atoms with Gasteiger partial charge >= 0.3 is 5.97 Å². The van der Waals surface area contributed by atoms with E-state index in [0.717, 1.165) is 0 Å². The van der Waals surface area contributed by atoms with Crippen LogP contribution in [0.5, 0.6) is 5.75 Å². The number of carbonyl (C=O) groups is 3. The predicted molar refractivity (Wildman–Crippen MR) is 92.9 cm³/mol. The second kappa shape index (κ2) is 10.3. The van der Waals surface area contributed by atoms with Crippen molar-refractivity contribution >= 4 is 17.8 Å². The number of benzene rings is 1. The number of rotatable bonds is 9. The molecule has 2 N–H and O–H groups in total. The van der Waals surface area contributed by atoms with Crippen LogP contribution in [0.15, 0.2) is 30.3 Å². The third-order valence-corrected chi connectivity index (χ3v) is 3.36. The minimum absolute atomic E-state index is 0.199. The summed E-state index contributed by atoms with van der Waals surface area (Å²) in [5.41, 5.74) is 0. The van der Waals surface area contributed by atoms with Gasteiger partial charge in [-0.15, -0.1) is 0 Å². The zero-order valence-electron chi connectivity index (χ0n) is 15.1. The SMILES string of the molecule is CCNC(=O)[C@@H](C)OC(=O)[C@@H](NC(=O)COc1ccccc1)C(C)C. The molecule has 1 aromatic carbocycles. The summed E-state index contributed by atoms with van der Waals surface area (Å²) < 4.78 is 10.5. The van der Waals surface area contributed by atoms with Crippen LogP contribution in [0.2, 0.25) is 0 Å². The third kappa shape index (κ3) is 7.24. The molecule has 0 saturated carbocycles. The molecular formula is C18H26N2O5. The molecule has 0 fully saturated rings. The average Bonchev–Trinajstić information content (AvgIpc) is 2.58. The van der Waals surface area contributed by atoms with E-state index in [0.29, 0.717) is 12.3 Å². The number of amides is 2. The van der Waals surface area contributed by atoms with E-state index in [9.17, 15) is 14.4 Å². The number of carbonyl (C=O) groups excluding carboxylic acids is 3. The lowest BCUT2D eigenvalue weighted by atomic mass is 10.0. The van der Waals surface area contributed by atoms with Crippen LogP contribution in [0.25, 0.3) is 0 Å². The van der Waals surface area contributed by atoms with Gasteiger partial charge in [0.05, 0.1) is 0 Å². The lowest BCUT2D eigenvalue weighted by Gasteiger charge is -2.22. The number of nitrogens with one attached hydrogen (secondary N) is 2. The zero-order chi connectivity index (χ0) is 18.8. The van der Waals surface area contributed by atoms with Gasteiger partial charge in [0.1, 0.15) is 11.8 Å². The van der Waals surface area contributed by atoms with Crippen LogP contribution in [0.1, 0.15) is 27.7 Å². The molecule has 138 valence electrons. The molecule has 7 heteroatoms. The summed E-state index contributed by atoms with van der Waals surface area (Å²) in [6.45, 7) is 7.05. The summed E-state index contributed by atoms with van der Waals surface area (Å²) in [5.74, 6) is -1.11. The number of para-hydroxylation sites is 1. The smallest absolute Gasteiger partial charge is 0.329 e. The second-order valence-electron chi connectivity index (χ2n) is 5.86. The molecule has 0 heterocycles. The minimum atomic E-state index is -0.925. The molecule has 1 aromatic rings. The highest BCUT2D eigenvalue weighted by molar-refractivity contribution is 5.88. The molecule has 25 heavy (non-hydrogen) atoms. The van der Waals surface area contributed by atoms with E-state index in [1.54, 1.807) is 45.0 Å². The molecule has 7 nitrogen and oxygen atoms in total. The van der Waals surface area contributed by atoms with E-state index in [2.05, 4.69) is 10.6 Å². The number of hydrogen-bond donors (Lipinski definition) is 2. The Labute approximate surface area is 148 Å². The largest absolute Gasteiger partial charge is 0.484 e. The maximum atomic E-state index is 12.3. The third-order valence-electron chi connectivity index (χ3n) is 3.36. The number of ether oxygens (including phenoxy) is 2. The van der Waals surface area contributed by atoms with Crippen LogP contribution in [0, 0.1) is 5.92 Å². The maximum absolute atomic E-state index is 12.3. The molecule has 0 unspecified atom stereocenters. The van der Waals surface area contributed by atoms with E-state index in [4.69, 9.17) is 9.47 Å². The van der Waals surface area contributed by atoms with Crippen molar-refractivity contribution in [1.29, 1.82) is 0 Å². The Hall–Kier alpha value is -2.57. The van der Waals surface area contributed by atoms with Gasteiger partial charge in [0.15, 0.2) is 12.7 Å². The van der Waals surface area contributed by atoms with Crippen molar-refractivity contribution in [2.75, 3.05) is 13.2 Å². The fourth-order valence-corrected chi connectivity index (χ4v) is 2.00. The quantitative estimate of drug-likeness (QED) is 0.654. The van der Waals surface area contributed by atoms with Crippen molar-refractivity contribution in [1.82, 2.24) is 10.6 Å². The summed E-state index contributed by atoms with van der Waals surface area (Å²) in [4.78, 5) is 35.9. The molecule has 0 aliphatic rings. The van der Waals surface area contributed by atoms with Gasteiger partial charge in [-0.25, -0.2) is 4.79 Å². The first-order valence-electron chi connectivity index (χ1n) is 8.30. The normalized spacial score (nSPS) is 12.8. The van der Waals surface area contributed by atoms with Crippen molar-refractivity contribution in [3.8, 4) is 5.75 Å². The van der Waals surface area contributed by atoms with Crippen LogP contribution in [0.3, 0.4) is 0 Å². The lowest BCUT2D eigenvalue weighted by molar-refractivity contribution is -0.158. The second-order valence-corrected chi connectivity index (χ2v) is 5.86. The average molecular weight is 350 g/mol. The Bertz CT molecular complexity index is 574. The van der Waals surface area contributed by atoms with Crippen molar-refractivity contribution < 1.29 is 23.9 Å². The van der Waals surface area contributed by atoms with E-state index in [1.165, 1.54) is 6.92 Å². The van der Waals surface area contributed by atoms with Gasteiger partial charge in [-0.2, -0.15) is 0 Å². The number of likely N-dealkylation sites (N-methyl/N-ethyl adjacent to an activating group) is 1. The molecule has 0 aliphatic carbocycles. The highest BCUT2D eigenvalue weighted by Gasteiger charge is 2.28. The van der Waals surface area contributed by atoms with Crippen LogP contribution >= 0.6 is 0 Å².